The fraction of sp³-hybridized carbons (Fsp3) is 0.200. The molecule has 0 radical (unpaired) electrons. The smallest absolute Gasteiger partial charge is 0.406 e. The van der Waals surface area contributed by atoms with E-state index in [4.69, 9.17) is 5.73 Å². The first-order chi connectivity index (χ1) is 9.76. The summed E-state index contributed by atoms with van der Waals surface area (Å²) in [7, 11) is 0. The van der Waals surface area contributed by atoms with E-state index in [0.29, 0.717) is 16.7 Å². The predicted octanol–water partition coefficient (Wildman–Crippen LogP) is 4.08. The van der Waals surface area contributed by atoms with E-state index in [1.807, 2.05) is 0 Å². The molecule has 112 valence electrons. The van der Waals surface area contributed by atoms with E-state index in [1.165, 1.54) is 30.3 Å². The Balaban J connectivity index is 2.19. The van der Waals surface area contributed by atoms with Crippen LogP contribution in [0.25, 0.3) is 0 Å². The maximum absolute atomic E-state index is 13.5. The van der Waals surface area contributed by atoms with Gasteiger partial charge in [-0.15, -0.1) is 13.2 Å². The maximum atomic E-state index is 13.5. The van der Waals surface area contributed by atoms with Crippen molar-refractivity contribution in [3.8, 4) is 5.75 Å². The van der Waals surface area contributed by atoms with Crippen molar-refractivity contribution in [2.45, 2.75) is 19.3 Å². The monoisotopic (exact) mass is 299 g/mol. The van der Waals surface area contributed by atoms with Crippen LogP contribution < -0.4 is 10.5 Å². The second-order valence-electron chi connectivity index (χ2n) is 4.60. The van der Waals surface area contributed by atoms with Crippen molar-refractivity contribution in [3.63, 3.8) is 0 Å². The van der Waals surface area contributed by atoms with Crippen molar-refractivity contribution >= 4 is 0 Å². The zero-order valence-electron chi connectivity index (χ0n) is 11.1. The topological polar surface area (TPSA) is 35.2 Å². The normalized spacial score (nSPS) is 13.0. The lowest BCUT2D eigenvalue weighted by atomic mass is 9.98. The number of alkyl halides is 3. The van der Waals surface area contributed by atoms with Crippen LogP contribution >= 0.6 is 0 Å². The molecule has 0 spiro atoms. The summed E-state index contributed by atoms with van der Waals surface area (Å²) >= 11 is 0. The molecular weight excluding hydrogens is 286 g/mol. The van der Waals surface area contributed by atoms with Crippen molar-refractivity contribution in [1.82, 2.24) is 0 Å². The highest BCUT2D eigenvalue weighted by atomic mass is 19.4. The van der Waals surface area contributed by atoms with Crippen molar-refractivity contribution < 1.29 is 22.3 Å². The molecule has 2 aromatic carbocycles. The average molecular weight is 299 g/mol. The summed E-state index contributed by atoms with van der Waals surface area (Å²) in [5, 5.41) is 0. The number of aryl methyl sites for hydroxylation is 1. The molecule has 0 unspecified atom stereocenters. The Morgan fingerprint density at radius 2 is 1.57 bits per heavy atom. The molecule has 21 heavy (non-hydrogen) atoms. The first kappa shape index (κ1) is 15.3. The second kappa shape index (κ2) is 5.73. The minimum absolute atomic E-state index is 0.325. The number of nitrogens with two attached hydrogens (primary N) is 1. The summed E-state index contributed by atoms with van der Waals surface area (Å²) in [5.41, 5.74) is 7.59. The highest BCUT2D eigenvalue weighted by Crippen LogP contribution is 2.26. The molecule has 0 aliphatic heterocycles. The van der Waals surface area contributed by atoms with Crippen LogP contribution in [0.5, 0.6) is 5.75 Å². The van der Waals surface area contributed by atoms with Crippen molar-refractivity contribution in [3.05, 3.63) is 65.0 Å². The Hall–Kier alpha value is -2.08. The van der Waals surface area contributed by atoms with E-state index in [1.54, 1.807) is 19.1 Å². The quantitative estimate of drug-likeness (QED) is 0.867. The molecule has 0 aliphatic rings. The summed E-state index contributed by atoms with van der Waals surface area (Å²) in [6, 6.07) is 9.17. The van der Waals surface area contributed by atoms with E-state index < -0.39 is 12.4 Å². The molecule has 0 amide bonds. The minimum atomic E-state index is -4.73. The molecule has 6 heteroatoms. The number of hydrogen-bond acceptors (Lipinski definition) is 2. The molecule has 0 aromatic heterocycles. The lowest BCUT2D eigenvalue weighted by Crippen LogP contribution is -2.17. The number of halogens is 4. The second-order valence-corrected chi connectivity index (χ2v) is 4.60. The van der Waals surface area contributed by atoms with Crippen molar-refractivity contribution in [2.24, 2.45) is 5.73 Å². The first-order valence-electron chi connectivity index (χ1n) is 6.13. The molecule has 2 rings (SSSR count). The van der Waals surface area contributed by atoms with Crippen LogP contribution in [0.1, 0.15) is 22.7 Å². The molecule has 2 N–H and O–H groups in total. The van der Waals surface area contributed by atoms with Crippen LogP contribution in [0.4, 0.5) is 17.6 Å². The largest absolute Gasteiger partial charge is 0.573 e. The SMILES string of the molecule is Cc1ccc([C@H](N)c2ccc(OC(F)(F)F)cc2)cc1F. The van der Waals surface area contributed by atoms with Gasteiger partial charge in [-0.3, -0.25) is 0 Å². The molecule has 0 fully saturated rings. The molecule has 0 heterocycles. The van der Waals surface area contributed by atoms with Gasteiger partial charge in [0.05, 0.1) is 6.04 Å². The van der Waals surface area contributed by atoms with Gasteiger partial charge in [0, 0.05) is 0 Å². The number of benzene rings is 2. The Morgan fingerprint density at radius 1 is 1.00 bits per heavy atom. The van der Waals surface area contributed by atoms with Crippen LogP contribution in [0.3, 0.4) is 0 Å². The Bertz CT molecular complexity index is 623. The van der Waals surface area contributed by atoms with Crippen LogP contribution in [-0.2, 0) is 0 Å². The molecule has 0 saturated heterocycles. The van der Waals surface area contributed by atoms with Crippen LogP contribution in [0, 0.1) is 12.7 Å². The lowest BCUT2D eigenvalue weighted by Gasteiger charge is -2.14. The fourth-order valence-electron chi connectivity index (χ4n) is 1.87. The third-order valence-corrected chi connectivity index (χ3v) is 3.03. The summed E-state index contributed by atoms with van der Waals surface area (Å²) in [6.07, 6.45) is -4.73. The first-order valence-corrected chi connectivity index (χ1v) is 6.13. The standard InChI is InChI=1S/C15H13F4NO/c1-9-2-3-11(8-13(9)16)14(20)10-4-6-12(7-5-10)21-15(17,18)19/h2-8,14H,20H2,1H3/t14-/m1/s1. The van der Waals surface area contributed by atoms with Crippen molar-refractivity contribution in [1.29, 1.82) is 0 Å². The van der Waals surface area contributed by atoms with Crippen LogP contribution in [0.15, 0.2) is 42.5 Å². The summed E-state index contributed by atoms with van der Waals surface area (Å²) in [6.45, 7) is 1.63. The van der Waals surface area contributed by atoms with E-state index in [-0.39, 0.29) is 11.6 Å². The molecule has 1 atom stereocenters. The zero-order valence-corrected chi connectivity index (χ0v) is 11.1. The molecule has 0 aliphatic carbocycles. The van der Waals surface area contributed by atoms with Crippen LogP contribution in [-0.4, -0.2) is 6.36 Å². The molecule has 2 aromatic rings. The summed E-state index contributed by atoms with van der Waals surface area (Å²) in [4.78, 5) is 0. The third kappa shape index (κ3) is 3.95. The molecule has 0 bridgehead atoms. The Kier molecular flexibility index (Phi) is 4.18. The Labute approximate surface area is 119 Å². The van der Waals surface area contributed by atoms with Gasteiger partial charge in [-0.2, -0.15) is 0 Å². The van der Waals surface area contributed by atoms with Gasteiger partial charge in [0.2, 0.25) is 0 Å². The maximum Gasteiger partial charge on any atom is 0.573 e. The van der Waals surface area contributed by atoms with E-state index in [0.717, 1.165) is 0 Å². The number of hydrogen-bond donors (Lipinski definition) is 1. The minimum Gasteiger partial charge on any atom is -0.406 e. The van der Waals surface area contributed by atoms with E-state index >= 15 is 0 Å². The summed E-state index contributed by atoms with van der Waals surface area (Å²) < 4.78 is 53.5. The lowest BCUT2D eigenvalue weighted by molar-refractivity contribution is -0.274. The summed E-state index contributed by atoms with van der Waals surface area (Å²) in [5.74, 6) is -0.700. The van der Waals surface area contributed by atoms with Crippen molar-refractivity contribution in [2.75, 3.05) is 0 Å². The van der Waals surface area contributed by atoms with Gasteiger partial charge in [-0.05, 0) is 41.8 Å². The van der Waals surface area contributed by atoms with Gasteiger partial charge >= 0.3 is 6.36 Å². The highest BCUT2D eigenvalue weighted by Gasteiger charge is 2.31. The van der Waals surface area contributed by atoms with Gasteiger partial charge in [-0.1, -0.05) is 24.3 Å². The number of rotatable bonds is 3. The Morgan fingerprint density at radius 3 is 2.10 bits per heavy atom. The molecule has 2 nitrogen and oxygen atoms in total. The predicted molar refractivity (Wildman–Crippen MR) is 70.3 cm³/mol. The van der Waals surface area contributed by atoms with Gasteiger partial charge in [-0.25, -0.2) is 4.39 Å². The van der Waals surface area contributed by atoms with Crippen LogP contribution in [0.2, 0.25) is 0 Å². The van der Waals surface area contributed by atoms with Gasteiger partial charge < -0.3 is 10.5 Å². The third-order valence-electron chi connectivity index (χ3n) is 3.03. The number of ether oxygens (including phenoxy) is 1. The highest BCUT2D eigenvalue weighted by molar-refractivity contribution is 5.36. The molecule has 0 saturated carbocycles. The van der Waals surface area contributed by atoms with Gasteiger partial charge in [0.1, 0.15) is 11.6 Å². The fourth-order valence-corrected chi connectivity index (χ4v) is 1.87. The zero-order chi connectivity index (χ0) is 15.6. The van der Waals surface area contributed by atoms with E-state index in [9.17, 15) is 17.6 Å². The molecular formula is C15H13F4NO. The van der Waals surface area contributed by atoms with E-state index in [2.05, 4.69) is 4.74 Å². The van der Waals surface area contributed by atoms with Gasteiger partial charge in [0.25, 0.3) is 0 Å². The van der Waals surface area contributed by atoms with Gasteiger partial charge in [0.15, 0.2) is 0 Å². The average Bonchev–Trinajstić information content (AvgIpc) is 2.40.